The number of hydrogen-bond donors (Lipinski definition) is 0. The zero-order valence-corrected chi connectivity index (χ0v) is 16.6. The maximum absolute atomic E-state index is 11.3. The van der Waals surface area contributed by atoms with Gasteiger partial charge in [-0.15, -0.1) is 0 Å². The van der Waals surface area contributed by atoms with E-state index in [4.69, 9.17) is 18.9 Å². The molecular weight excluding hydrogens is 436 g/mol. The highest BCUT2D eigenvalue weighted by Gasteiger charge is 2.03. The molecule has 6 nitrogen and oxygen atoms in total. The molecule has 0 rings (SSSR count). The van der Waals surface area contributed by atoms with Crippen molar-refractivity contribution in [3.05, 3.63) is 0 Å². The van der Waals surface area contributed by atoms with Crippen LogP contribution in [-0.2, 0) is 28.5 Å². The van der Waals surface area contributed by atoms with Gasteiger partial charge in [0.2, 0.25) is 0 Å². The van der Waals surface area contributed by atoms with E-state index in [-0.39, 0.29) is 24.8 Å². The number of ether oxygens (including phenoxy) is 4. The van der Waals surface area contributed by atoms with Crippen LogP contribution in [0.4, 0.5) is 0 Å². The molecule has 0 fully saturated rings. The van der Waals surface area contributed by atoms with Crippen LogP contribution in [-0.4, -0.2) is 62.2 Å². The Morgan fingerprint density at radius 3 is 1.43 bits per heavy atom. The second-order valence-corrected chi connectivity index (χ2v) is 6.19. The van der Waals surface area contributed by atoms with Crippen molar-refractivity contribution in [1.29, 1.82) is 0 Å². The van der Waals surface area contributed by atoms with Crippen LogP contribution >= 0.6 is 31.9 Å². The van der Waals surface area contributed by atoms with Gasteiger partial charge in [0.15, 0.2) is 0 Å². The summed E-state index contributed by atoms with van der Waals surface area (Å²) in [6, 6.07) is 0. The molecule has 0 aliphatic carbocycles. The Morgan fingerprint density at radius 2 is 1.04 bits per heavy atom. The highest BCUT2D eigenvalue weighted by Crippen LogP contribution is 1.95. The van der Waals surface area contributed by atoms with Crippen LogP contribution in [0.15, 0.2) is 0 Å². The Balaban J connectivity index is 3.21. The molecule has 0 unspecified atom stereocenters. The van der Waals surface area contributed by atoms with E-state index in [1.807, 2.05) is 0 Å². The second kappa shape index (κ2) is 18.2. The van der Waals surface area contributed by atoms with Crippen molar-refractivity contribution < 1.29 is 28.5 Å². The predicted octanol–water partition coefficient (Wildman–Crippen LogP) is 2.85. The summed E-state index contributed by atoms with van der Waals surface area (Å²) in [6.07, 6.45) is 2.88. The molecule has 0 aromatic carbocycles. The van der Waals surface area contributed by atoms with Crippen LogP contribution in [0.1, 0.15) is 32.1 Å². The normalized spacial score (nSPS) is 10.5. The molecule has 0 aliphatic rings. The Morgan fingerprint density at radius 1 is 0.609 bits per heavy atom. The fraction of sp³-hybridized carbons (Fsp3) is 0.867. The van der Waals surface area contributed by atoms with Gasteiger partial charge in [0, 0.05) is 23.9 Å². The first-order chi connectivity index (χ1) is 11.2. The maximum Gasteiger partial charge on any atom is 0.308 e. The number of rotatable bonds is 16. The van der Waals surface area contributed by atoms with Gasteiger partial charge in [-0.1, -0.05) is 31.9 Å². The second-order valence-electron chi connectivity index (χ2n) is 4.60. The molecule has 23 heavy (non-hydrogen) atoms. The van der Waals surface area contributed by atoms with Gasteiger partial charge < -0.3 is 18.9 Å². The van der Waals surface area contributed by atoms with Gasteiger partial charge in [0.25, 0.3) is 0 Å². The third-order valence-electron chi connectivity index (χ3n) is 2.56. The SMILES string of the molecule is O=C(CCOCCCOCCC(=O)OCCCBr)OCCCBr. The molecule has 136 valence electrons. The van der Waals surface area contributed by atoms with Gasteiger partial charge in [0.05, 0.1) is 39.3 Å². The van der Waals surface area contributed by atoms with Crippen molar-refractivity contribution in [1.82, 2.24) is 0 Å². The molecule has 8 heteroatoms. The van der Waals surface area contributed by atoms with Gasteiger partial charge in [-0.25, -0.2) is 0 Å². The average molecular weight is 462 g/mol. The lowest BCUT2D eigenvalue weighted by Crippen LogP contribution is -2.12. The van der Waals surface area contributed by atoms with E-state index in [1.165, 1.54) is 0 Å². The number of carbonyl (C=O) groups excluding carboxylic acids is 2. The molecule has 0 heterocycles. The summed E-state index contributed by atoms with van der Waals surface area (Å²) in [5, 5.41) is 1.65. The minimum Gasteiger partial charge on any atom is -0.466 e. The van der Waals surface area contributed by atoms with Crippen molar-refractivity contribution in [2.24, 2.45) is 0 Å². The zero-order chi connectivity index (χ0) is 17.2. The Labute approximate surface area is 154 Å². The maximum atomic E-state index is 11.3. The predicted molar refractivity (Wildman–Crippen MR) is 94.2 cm³/mol. The van der Waals surface area contributed by atoms with Crippen molar-refractivity contribution in [3.8, 4) is 0 Å². The lowest BCUT2D eigenvalue weighted by atomic mass is 10.4. The van der Waals surface area contributed by atoms with E-state index in [9.17, 15) is 9.59 Å². The fourth-order valence-electron chi connectivity index (χ4n) is 1.40. The smallest absolute Gasteiger partial charge is 0.308 e. The molecule has 0 atom stereocenters. The Hall–Kier alpha value is -0.180. The van der Waals surface area contributed by atoms with Crippen molar-refractivity contribution in [3.63, 3.8) is 0 Å². The minimum atomic E-state index is -0.236. The van der Waals surface area contributed by atoms with Crippen LogP contribution < -0.4 is 0 Å². The quantitative estimate of drug-likeness (QED) is 0.200. The number of esters is 2. The molecule has 0 aromatic rings. The molecule has 0 amide bonds. The third-order valence-corrected chi connectivity index (χ3v) is 3.68. The topological polar surface area (TPSA) is 71.1 Å². The van der Waals surface area contributed by atoms with Gasteiger partial charge in [-0.05, 0) is 19.3 Å². The van der Waals surface area contributed by atoms with E-state index in [0.29, 0.717) is 39.6 Å². The van der Waals surface area contributed by atoms with Gasteiger partial charge in [-0.3, -0.25) is 9.59 Å². The minimum absolute atomic E-state index is 0.236. The summed E-state index contributed by atoms with van der Waals surface area (Å²) in [7, 11) is 0. The van der Waals surface area contributed by atoms with Gasteiger partial charge in [-0.2, -0.15) is 0 Å². The van der Waals surface area contributed by atoms with Crippen LogP contribution in [0.25, 0.3) is 0 Å². The van der Waals surface area contributed by atoms with Crippen molar-refractivity contribution in [2.75, 3.05) is 50.3 Å². The first kappa shape index (κ1) is 22.8. The lowest BCUT2D eigenvalue weighted by Gasteiger charge is -2.06. The fourth-order valence-corrected chi connectivity index (χ4v) is 1.86. The summed E-state index contributed by atoms with van der Waals surface area (Å²) in [5.41, 5.74) is 0. The van der Waals surface area contributed by atoms with Crippen LogP contribution in [0, 0.1) is 0 Å². The van der Waals surface area contributed by atoms with E-state index < -0.39 is 0 Å². The zero-order valence-electron chi connectivity index (χ0n) is 13.4. The van der Waals surface area contributed by atoms with Crippen LogP contribution in [0.2, 0.25) is 0 Å². The molecule has 0 radical (unpaired) electrons. The summed E-state index contributed by atoms with van der Waals surface area (Å²) in [4.78, 5) is 22.5. The van der Waals surface area contributed by atoms with Crippen LogP contribution in [0.5, 0.6) is 0 Å². The Kier molecular flexibility index (Phi) is 18.0. The molecular formula is C15H26Br2O6. The summed E-state index contributed by atoms with van der Waals surface area (Å²) in [5.74, 6) is -0.471. The molecule has 0 aromatic heterocycles. The largest absolute Gasteiger partial charge is 0.466 e. The number of carbonyl (C=O) groups is 2. The molecule has 0 saturated carbocycles. The molecule has 0 spiro atoms. The van der Waals surface area contributed by atoms with Crippen molar-refractivity contribution >= 4 is 43.8 Å². The first-order valence-electron chi connectivity index (χ1n) is 7.79. The Bertz CT molecular complexity index is 274. The summed E-state index contributed by atoms with van der Waals surface area (Å²) >= 11 is 6.53. The molecule has 0 N–H and O–H groups in total. The highest BCUT2D eigenvalue weighted by atomic mass is 79.9. The van der Waals surface area contributed by atoms with E-state index in [1.54, 1.807) is 0 Å². The van der Waals surface area contributed by atoms with Gasteiger partial charge >= 0.3 is 11.9 Å². The molecule has 0 bridgehead atoms. The van der Waals surface area contributed by atoms with Crippen molar-refractivity contribution in [2.45, 2.75) is 32.1 Å². The number of hydrogen-bond acceptors (Lipinski definition) is 6. The van der Waals surface area contributed by atoms with E-state index in [2.05, 4.69) is 31.9 Å². The standard InChI is InChI=1S/C15H26Br2O6/c16-6-1-10-22-14(18)4-12-20-8-3-9-21-13-5-15(19)23-11-2-7-17/h1-13H2. The van der Waals surface area contributed by atoms with E-state index >= 15 is 0 Å². The molecule has 0 aliphatic heterocycles. The monoisotopic (exact) mass is 460 g/mol. The first-order valence-corrected chi connectivity index (χ1v) is 10.0. The average Bonchev–Trinajstić information content (AvgIpc) is 2.53. The third kappa shape index (κ3) is 18.0. The van der Waals surface area contributed by atoms with Crippen LogP contribution in [0.3, 0.4) is 0 Å². The lowest BCUT2D eigenvalue weighted by molar-refractivity contribution is -0.145. The van der Waals surface area contributed by atoms with Gasteiger partial charge in [0.1, 0.15) is 0 Å². The molecule has 0 saturated heterocycles. The highest BCUT2D eigenvalue weighted by molar-refractivity contribution is 9.09. The number of halogens is 2. The van der Waals surface area contributed by atoms with E-state index in [0.717, 1.165) is 29.9 Å². The summed E-state index contributed by atoms with van der Waals surface area (Å²) < 4.78 is 20.6. The number of alkyl halides is 2. The summed E-state index contributed by atoms with van der Waals surface area (Å²) in [6.45, 7) is 2.63.